The van der Waals surface area contributed by atoms with Crippen LogP contribution in [0.3, 0.4) is 0 Å². The quantitative estimate of drug-likeness (QED) is 0.761. The van der Waals surface area contributed by atoms with Gasteiger partial charge in [-0.2, -0.15) is 5.10 Å². The zero-order chi connectivity index (χ0) is 18.3. The minimum absolute atomic E-state index is 0.0159. The van der Waals surface area contributed by atoms with Crippen molar-refractivity contribution in [3.63, 3.8) is 0 Å². The van der Waals surface area contributed by atoms with Crippen molar-refractivity contribution >= 4 is 21.7 Å². The van der Waals surface area contributed by atoms with E-state index < -0.39 is 21.9 Å². The van der Waals surface area contributed by atoms with E-state index in [0.29, 0.717) is 11.3 Å². The van der Waals surface area contributed by atoms with Crippen LogP contribution in [0.25, 0.3) is 5.69 Å². The number of rotatable bonds is 4. The van der Waals surface area contributed by atoms with Crippen LogP contribution in [0.2, 0.25) is 0 Å². The first kappa shape index (κ1) is 16.3. The molecule has 0 amide bonds. The molecule has 4 rings (SSSR count). The van der Waals surface area contributed by atoms with E-state index >= 15 is 0 Å². The summed E-state index contributed by atoms with van der Waals surface area (Å²) in [5.41, 5.74) is 1.63. The third kappa shape index (κ3) is 2.55. The minimum Gasteiger partial charge on any atom is -0.481 e. The summed E-state index contributed by atoms with van der Waals surface area (Å²) in [6.07, 6.45) is 2.71. The molecular weight excluding hydrogens is 354 g/mol. The SMILES string of the molecule is O=C(O)C1CN(S(=O)(=O)c2cnn(-c3ccccc3)c2)c2ccccc21. The summed E-state index contributed by atoms with van der Waals surface area (Å²) < 4.78 is 28.8. The van der Waals surface area contributed by atoms with Crippen LogP contribution in [0.4, 0.5) is 5.69 Å². The Kier molecular flexibility index (Phi) is 3.77. The zero-order valence-corrected chi connectivity index (χ0v) is 14.4. The number of nitrogens with zero attached hydrogens (tertiary/aromatic N) is 3. The monoisotopic (exact) mass is 369 g/mol. The highest BCUT2D eigenvalue weighted by Gasteiger charge is 2.40. The van der Waals surface area contributed by atoms with Gasteiger partial charge in [0.1, 0.15) is 10.8 Å². The van der Waals surface area contributed by atoms with Crippen molar-refractivity contribution in [2.24, 2.45) is 0 Å². The summed E-state index contributed by atoms with van der Waals surface area (Å²) in [6, 6.07) is 15.8. The molecule has 26 heavy (non-hydrogen) atoms. The Morgan fingerprint density at radius 1 is 1.08 bits per heavy atom. The minimum atomic E-state index is -3.92. The molecule has 1 unspecified atom stereocenters. The number of aliphatic carboxylic acids is 1. The van der Waals surface area contributed by atoms with Crippen LogP contribution in [0, 0.1) is 0 Å². The normalized spacial score (nSPS) is 16.5. The fourth-order valence-corrected chi connectivity index (χ4v) is 4.54. The summed E-state index contributed by atoms with van der Waals surface area (Å²) in [5.74, 6) is -1.93. The summed E-state index contributed by atoms with van der Waals surface area (Å²) in [6.45, 7) is -0.131. The van der Waals surface area contributed by atoms with Gasteiger partial charge in [0.05, 0.1) is 30.3 Å². The molecule has 7 nitrogen and oxygen atoms in total. The summed E-state index contributed by atoms with van der Waals surface area (Å²) in [4.78, 5) is 11.5. The van der Waals surface area contributed by atoms with Crippen molar-refractivity contribution in [3.8, 4) is 5.69 Å². The first-order chi connectivity index (χ1) is 12.5. The van der Waals surface area contributed by atoms with Crippen LogP contribution < -0.4 is 4.31 Å². The van der Waals surface area contributed by atoms with E-state index in [-0.39, 0.29) is 11.4 Å². The maximum atomic E-state index is 13.1. The Morgan fingerprint density at radius 3 is 2.50 bits per heavy atom. The molecule has 2 heterocycles. The van der Waals surface area contributed by atoms with E-state index in [9.17, 15) is 18.3 Å². The lowest BCUT2D eigenvalue weighted by atomic mass is 10.0. The molecule has 0 aliphatic carbocycles. The fourth-order valence-electron chi connectivity index (χ4n) is 3.10. The van der Waals surface area contributed by atoms with E-state index in [2.05, 4.69) is 5.10 Å². The van der Waals surface area contributed by atoms with Crippen molar-refractivity contribution in [2.75, 3.05) is 10.8 Å². The number of anilines is 1. The van der Waals surface area contributed by atoms with Gasteiger partial charge in [-0.25, -0.2) is 13.1 Å². The Balaban J connectivity index is 1.74. The van der Waals surface area contributed by atoms with E-state index in [1.165, 1.54) is 17.1 Å². The maximum Gasteiger partial charge on any atom is 0.312 e. The van der Waals surface area contributed by atoms with E-state index in [0.717, 1.165) is 9.99 Å². The molecule has 0 fully saturated rings. The Bertz CT molecular complexity index is 1080. The molecule has 0 saturated heterocycles. The van der Waals surface area contributed by atoms with Gasteiger partial charge in [0.25, 0.3) is 10.0 Å². The Hall–Kier alpha value is -3.13. The van der Waals surface area contributed by atoms with Gasteiger partial charge in [-0.15, -0.1) is 0 Å². The summed E-state index contributed by atoms with van der Waals surface area (Å²) >= 11 is 0. The standard InChI is InChI=1S/C18H15N3O4S/c22-18(23)16-12-21(17-9-5-4-8-15(16)17)26(24,25)14-10-19-20(11-14)13-6-2-1-3-7-13/h1-11,16H,12H2,(H,22,23). The van der Waals surface area contributed by atoms with Gasteiger partial charge >= 0.3 is 5.97 Å². The predicted molar refractivity (Wildman–Crippen MR) is 94.9 cm³/mol. The van der Waals surface area contributed by atoms with Gasteiger partial charge in [0, 0.05) is 0 Å². The topological polar surface area (TPSA) is 92.5 Å². The zero-order valence-electron chi connectivity index (χ0n) is 13.6. The summed E-state index contributed by atoms with van der Waals surface area (Å²) in [5, 5.41) is 13.6. The second kappa shape index (κ2) is 5.99. The molecule has 1 atom stereocenters. The molecule has 0 radical (unpaired) electrons. The third-order valence-electron chi connectivity index (χ3n) is 4.39. The van der Waals surface area contributed by atoms with Gasteiger partial charge in [-0.1, -0.05) is 36.4 Å². The van der Waals surface area contributed by atoms with Gasteiger partial charge in [-0.05, 0) is 23.8 Å². The first-order valence-electron chi connectivity index (χ1n) is 7.93. The van der Waals surface area contributed by atoms with Crippen molar-refractivity contribution in [1.82, 2.24) is 9.78 Å². The highest BCUT2D eigenvalue weighted by molar-refractivity contribution is 7.92. The number of carbonyl (C=O) groups is 1. The van der Waals surface area contributed by atoms with Crippen LogP contribution in [-0.4, -0.2) is 35.8 Å². The fraction of sp³-hybridized carbons (Fsp3) is 0.111. The lowest BCUT2D eigenvalue weighted by molar-refractivity contribution is -0.138. The van der Waals surface area contributed by atoms with Crippen LogP contribution in [0.1, 0.15) is 11.5 Å². The number of carboxylic acid groups (broad SMARTS) is 1. The summed E-state index contributed by atoms with van der Waals surface area (Å²) in [7, 11) is -3.92. The smallest absolute Gasteiger partial charge is 0.312 e. The van der Waals surface area contributed by atoms with Crippen molar-refractivity contribution in [2.45, 2.75) is 10.8 Å². The average molecular weight is 369 g/mol. The average Bonchev–Trinajstić information content (AvgIpc) is 3.28. The van der Waals surface area contributed by atoms with E-state index in [1.54, 1.807) is 24.3 Å². The molecule has 0 saturated carbocycles. The molecule has 2 aromatic carbocycles. The van der Waals surface area contributed by atoms with E-state index in [1.807, 2.05) is 30.3 Å². The van der Waals surface area contributed by atoms with Crippen LogP contribution in [0.15, 0.2) is 71.9 Å². The Labute approximate surface area is 150 Å². The molecule has 3 aromatic rings. The van der Waals surface area contributed by atoms with Gasteiger partial charge in [-0.3, -0.25) is 9.10 Å². The number of fused-ring (bicyclic) bond motifs is 1. The predicted octanol–water partition coefficient (Wildman–Crippen LogP) is 2.25. The number of para-hydroxylation sites is 2. The molecular formula is C18H15N3O4S. The van der Waals surface area contributed by atoms with E-state index in [4.69, 9.17) is 0 Å². The molecule has 1 aliphatic heterocycles. The highest BCUT2D eigenvalue weighted by Crippen LogP contribution is 2.39. The van der Waals surface area contributed by atoms with Crippen LogP contribution in [0.5, 0.6) is 0 Å². The molecule has 8 heteroatoms. The first-order valence-corrected chi connectivity index (χ1v) is 9.37. The second-order valence-electron chi connectivity index (χ2n) is 5.94. The molecule has 1 aliphatic rings. The van der Waals surface area contributed by atoms with Crippen LogP contribution in [-0.2, 0) is 14.8 Å². The number of sulfonamides is 1. The third-order valence-corrected chi connectivity index (χ3v) is 6.13. The van der Waals surface area contributed by atoms with Gasteiger partial charge < -0.3 is 5.11 Å². The maximum absolute atomic E-state index is 13.1. The van der Waals surface area contributed by atoms with Gasteiger partial charge in [0.15, 0.2) is 0 Å². The Morgan fingerprint density at radius 2 is 1.77 bits per heavy atom. The number of hydrogen-bond donors (Lipinski definition) is 1. The second-order valence-corrected chi connectivity index (χ2v) is 7.80. The largest absolute Gasteiger partial charge is 0.481 e. The number of benzene rings is 2. The highest BCUT2D eigenvalue weighted by atomic mass is 32.2. The van der Waals surface area contributed by atoms with Crippen LogP contribution >= 0.6 is 0 Å². The molecule has 0 spiro atoms. The molecule has 1 aromatic heterocycles. The van der Waals surface area contributed by atoms with Gasteiger partial charge in [0.2, 0.25) is 0 Å². The lowest BCUT2D eigenvalue weighted by Gasteiger charge is -2.18. The van der Waals surface area contributed by atoms with Crippen molar-refractivity contribution in [3.05, 3.63) is 72.6 Å². The number of aromatic nitrogens is 2. The van der Waals surface area contributed by atoms with Crippen molar-refractivity contribution in [1.29, 1.82) is 0 Å². The molecule has 1 N–H and O–H groups in total. The molecule has 132 valence electrons. The number of hydrogen-bond acceptors (Lipinski definition) is 4. The molecule has 0 bridgehead atoms. The van der Waals surface area contributed by atoms with Crippen molar-refractivity contribution < 1.29 is 18.3 Å². The number of carboxylic acids is 1. The lowest BCUT2D eigenvalue weighted by Crippen LogP contribution is -2.31.